The lowest BCUT2D eigenvalue weighted by atomic mass is 9.86. The molecule has 1 saturated carbocycles. The first-order chi connectivity index (χ1) is 13.5. The first-order valence-corrected chi connectivity index (χ1v) is 10.3. The number of likely N-dealkylation sites (tertiary alicyclic amines) is 1. The lowest BCUT2D eigenvalue weighted by Crippen LogP contribution is -2.36. The van der Waals surface area contributed by atoms with Crippen molar-refractivity contribution in [3.63, 3.8) is 0 Å². The predicted octanol–water partition coefficient (Wildman–Crippen LogP) is 4.03. The number of rotatable bonds is 5. The molecule has 0 bridgehead atoms. The molecular formula is C23H25ClN2O2. The Morgan fingerprint density at radius 1 is 1.07 bits per heavy atom. The summed E-state index contributed by atoms with van der Waals surface area (Å²) in [5, 5.41) is 3.72. The third-order valence-electron chi connectivity index (χ3n) is 5.88. The molecule has 1 heterocycles. The van der Waals surface area contributed by atoms with Crippen LogP contribution < -0.4 is 5.32 Å². The van der Waals surface area contributed by atoms with Crippen molar-refractivity contribution in [2.45, 2.75) is 25.7 Å². The quantitative estimate of drug-likeness (QED) is 0.829. The summed E-state index contributed by atoms with van der Waals surface area (Å²) < 4.78 is 0. The van der Waals surface area contributed by atoms with E-state index in [4.69, 9.17) is 11.6 Å². The first kappa shape index (κ1) is 19.0. The van der Waals surface area contributed by atoms with E-state index in [-0.39, 0.29) is 23.7 Å². The maximum absolute atomic E-state index is 13.0. The van der Waals surface area contributed by atoms with E-state index in [0.717, 1.165) is 17.7 Å². The van der Waals surface area contributed by atoms with Crippen LogP contribution in [-0.2, 0) is 4.79 Å². The van der Waals surface area contributed by atoms with Crippen molar-refractivity contribution < 1.29 is 9.59 Å². The summed E-state index contributed by atoms with van der Waals surface area (Å²) in [5.41, 5.74) is 2.92. The highest BCUT2D eigenvalue weighted by atomic mass is 35.5. The van der Waals surface area contributed by atoms with Gasteiger partial charge in [-0.3, -0.25) is 9.59 Å². The van der Waals surface area contributed by atoms with Crippen molar-refractivity contribution in [3.05, 3.63) is 70.2 Å². The molecular weight excluding hydrogens is 372 g/mol. The first-order valence-electron chi connectivity index (χ1n) is 9.91. The van der Waals surface area contributed by atoms with Gasteiger partial charge in [-0.05, 0) is 61.1 Å². The number of hydrogen-bond acceptors (Lipinski definition) is 2. The lowest BCUT2D eigenvalue weighted by Gasteiger charge is -2.20. The summed E-state index contributed by atoms with van der Waals surface area (Å²) in [6.45, 7) is 3.81. The fraction of sp³-hybridized carbons (Fsp3) is 0.391. The van der Waals surface area contributed by atoms with Crippen LogP contribution in [-0.4, -0.2) is 36.3 Å². The minimum Gasteiger partial charge on any atom is -0.356 e. The van der Waals surface area contributed by atoms with Crippen LogP contribution >= 0.6 is 11.6 Å². The molecule has 0 radical (unpaired) electrons. The molecule has 1 N–H and O–H groups in total. The van der Waals surface area contributed by atoms with Gasteiger partial charge in [0.2, 0.25) is 5.91 Å². The van der Waals surface area contributed by atoms with Crippen LogP contribution in [0.3, 0.4) is 0 Å². The largest absolute Gasteiger partial charge is 0.356 e. The molecule has 2 fully saturated rings. The molecule has 5 heteroatoms. The van der Waals surface area contributed by atoms with Gasteiger partial charge in [0.25, 0.3) is 5.91 Å². The highest BCUT2D eigenvalue weighted by Gasteiger charge is 2.41. The monoisotopic (exact) mass is 396 g/mol. The number of carbonyl (C=O) groups is 2. The van der Waals surface area contributed by atoms with Crippen LogP contribution in [0.4, 0.5) is 0 Å². The van der Waals surface area contributed by atoms with Gasteiger partial charge in [0.15, 0.2) is 0 Å². The second kappa shape index (κ2) is 7.96. The molecule has 28 heavy (non-hydrogen) atoms. The SMILES string of the molecule is Cc1ccccc1[C@H]1CN(C(=O)c2ccc(Cl)cc2)C[C@@H]1C(=O)NCC1CC1. The zero-order chi connectivity index (χ0) is 19.7. The van der Waals surface area contributed by atoms with Gasteiger partial charge in [-0.15, -0.1) is 0 Å². The fourth-order valence-corrected chi connectivity index (χ4v) is 4.15. The van der Waals surface area contributed by atoms with Gasteiger partial charge in [-0.25, -0.2) is 0 Å². The Morgan fingerprint density at radius 2 is 1.79 bits per heavy atom. The topological polar surface area (TPSA) is 49.4 Å². The molecule has 1 aliphatic heterocycles. The highest BCUT2D eigenvalue weighted by molar-refractivity contribution is 6.30. The summed E-state index contributed by atoms with van der Waals surface area (Å²) in [7, 11) is 0. The van der Waals surface area contributed by atoms with Gasteiger partial charge >= 0.3 is 0 Å². The van der Waals surface area contributed by atoms with Gasteiger partial charge in [0.1, 0.15) is 0 Å². The molecule has 2 aromatic rings. The zero-order valence-corrected chi connectivity index (χ0v) is 16.8. The van der Waals surface area contributed by atoms with Crippen LogP contribution in [0.1, 0.15) is 40.2 Å². The number of aryl methyl sites for hydroxylation is 1. The summed E-state index contributed by atoms with van der Waals surface area (Å²) in [4.78, 5) is 27.8. The summed E-state index contributed by atoms with van der Waals surface area (Å²) in [6.07, 6.45) is 2.40. The summed E-state index contributed by atoms with van der Waals surface area (Å²) in [5.74, 6) is 0.432. The van der Waals surface area contributed by atoms with Crippen molar-refractivity contribution in [2.75, 3.05) is 19.6 Å². The molecule has 0 spiro atoms. The van der Waals surface area contributed by atoms with Crippen molar-refractivity contribution in [3.8, 4) is 0 Å². The third kappa shape index (κ3) is 4.07. The smallest absolute Gasteiger partial charge is 0.253 e. The second-order valence-electron chi connectivity index (χ2n) is 7.98. The Balaban J connectivity index is 1.56. The maximum atomic E-state index is 13.0. The van der Waals surface area contributed by atoms with Crippen molar-refractivity contribution in [1.82, 2.24) is 10.2 Å². The molecule has 2 aliphatic rings. The number of amides is 2. The third-order valence-corrected chi connectivity index (χ3v) is 6.14. The average molecular weight is 397 g/mol. The van der Waals surface area contributed by atoms with E-state index in [1.54, 1.807) is 24.3 Å². The molecule has 2 atom stereocenters. The van der Waals surface area contributed by atoms with E-state index in [1.807, 2.05) is 17.0 Å². The van der Waals surface area contributed by atoms with Crippen molar-refractivity contribution in [2.24, 2.45) is 11.8 Å². The van der Waals surface area contributed by atoms with Gasteiger partial charge in [-0.2, -0.15) is 0 Å². The van der Waals surface area contributed by atoms with Crippen molar-refractivity contribution >= 4 is 23.4 Å². The predicted molar refractivity (Wildman–Crippen MR) is 110 cm³/mol. The van der Waals surface area contributed by atoms with E-state index < -0.39 is 0 Å². The van der Waals surface area contributed by atoms with Crippen LogP contribution in [0.25, 0.3) is 0 Å². The van der Waals surface area contributed by atoms with Crippen LogP contribution in [0.5, 0.6) is 0 Å². The van der Waals surface area contributed by atoms with Crippen LogP contribution in [0, 0.1) is 18.8 Å². The Kier molecular flexibility index (Phi) is 5.40. The number of nitrogens with one attached hydrogen (secondary N) is 1. The Bertz CT molecular complexity index is 876. The zero-order valence-electron chi connectivity index (χ0n) is 16.0. The minimum absolute atomic E-state index is 0.0108. The second-order valence-corrected chi connectivity index (χ2v) is 8.41. The standard InChI is InChI=1S/C23H25ClN2O2/c1-15-4-2-3-5-19(15)20-13-26(23(28)17-8-10-18(24)11-9-17)14-21(20)22(27)25-12-16-6-7-16/h2-5,8-11,16,20-21H,6-7,12-14H2,1H3,(H,25,27)/t20-,21+/m1/s1. The van der Waals surface area contributed by atoms with E-state index in [2.05, 4.69) is 24.4 Å². The minimum atomic E-state index is -0.226. The Morgan fingerprint density at radius 3 is 2.46 bits per heavy atom. The van der Waals surface area contributed by atoms with E-state index in [9.17, 15) is 9.59 Å². The van der Waals surface area contributed by atoms with Crippen molar-refractivity contribution in [1.29, 1.82) is 0 Å². The number of nitrogens with zero attached hydrogens (tertiary/aromatic N) is 1. The summed E-state index contributed by atoms with van der Waals surface area (Å²) in [6, 6.07) is 15.1. The molecule has 1 saturated heterocycles. The molecule has 2 aromatic carbocycles. The average Bonchev–Trinajstić information content (AvgIpc) is 3.43. The number of halogens is 1. The Labute approximate surface area is 170 Å². The van der Waals surface area contributed by atoms with E-state index in [0.29, 0.717) is 29.6 Å². The molecule has 4 rings (SSSR count). The molecule has 146 valence electrons. The lowest BCUT2D eigenvalue weighted by molar-refractivity contribution is -0.125. The molecule has 4 nitrogen and oxygen atoms in total. The molecule has 2 amide bonds. The summed E-state index contributed by atoms with van der Waals surface area (Å²) >= 11 is 5.95. The fourth-order valence-electron chi connectivity index (χ4n) is 4.03. The Hall–Kier alpha value is -2.33. The van der Waals surface area contributed by atoms with Gasteiger partial charge < -0.3 is 10.2 Å². The van der Waals surface area contributed by atoms with Gasteiger partial charge in [-0.1, -0.05) is 35.9 Å². The van der Waals surface area contributed by atoms with Gasteiger partial charge in [0, 0.05) is 36.1 Å². The van der Waals surface area contributed by atoms with E-state index >= 15 is 0 Å². The molecule has 0 unspecified atom stereocenters. The maximum Gasteiger partial charge on any atom is 0.253 e. The normalized spacial score (nSPS) is 21.6. The molecule has 0 aromatic heterocycles. The van der Waals surface area contributed by atoms with E-state index in [1.165, 1.54) is 12.8 Å². The number of hydrogen-bond donors (Lipinski definition) is 1. The number of benzene rings is 2. The van der Waals surface area contributed by atoms with Crippen LogP contribution in [0.2, 0.25) is 5.02 Å². The highest BCUT2D eigenvalue weighted by Crippen LogP contribution is 2.36. The van der Waals surface area contributed by atoms with Crippen LogP contribution in [0.15, 0.2) is 48.5 Å². The molecule has 1 aliphatic carbocycles. The number of carbonyl (C=O) groups excluding carboxylic acids is 2. The van der Waals surface area contributed by atoms with Gasteiger partial charge in [0.05, 0.1) is 5.92 Å².